The molecule has 0 bridgehead atoms. The summed E-state index contributed by atoms with van der Waals surface area (Å²) < 4.78 is 6.07. The summed E-state index contributed by atoms with van der Waals surface area (Å²) in [6.07, 6.45) is 1.36. The van der Waals surface area contributed by atoms with Crippen molar-refractivity contribution >= 4 is 46.3 Å². The Morgan fingerprint density at radius 1 is 0.967 bits per heavy atom. The molecule has 7 heteroatoms. The molecule has 30 heavy (non-hydrogen) atoms. The lowest BCUT2D eigenvalue weighted by atomic mass is 10.0. The number of carbonyl (C=O) groups excluding carboxylic acids is 3. The average Bonchev–Trinajstić information content (AvgIpc) is 2.71. The van der Waals surface area contributed by atoms with Gasteiger partial charge in [0.2, 0.25) is 0 Å². The van der Waals surface area contributed by atoms with E-state index in [9.17, 15) is 14.4 Å². The Labute approximate surface area is 177 Å². The van der Waals surface area contributed by atoms with Crippen molar-refractivity contribution in [1.82, 2.24) is 10.6 Å². The van der Waals surface area contributed by atoms with Crippen LogP contribution in [0.25, 0.3) is 16.8 Å². The fourth-order valence-electron chi connectivity index (χ4n) is 3.31. The number of hydrogen-bond acceptors (Lipinski definition) is 4. The van der Waals surface area contributed by atoms with Crippen molar-refractivity contribution in [2.75, 3.05) is 0 Å². The quantitative estimate of drug-likeness (QED) is 0.491. The second-order valence-electron chi connectivity index (χ2n) is 6.85. The number of urea groups is 1. The average molecular weight is 421 g/mol. The standard InChI is InChI=1S/C23H17ClN2O4/c1-13-6-7-14-4-2-3-5-17(14)19(13)12-30-20-9-8-16(24)10-15(20)11-18-21(27)25-23(29)26-22(18)28/h2-11H,12H2,1H3,(H2,25,26,27,28,29). The number of rotatable bonds is 4. The molecule has 1 aliphatic rings. The number of aryl methyl sites for hydroxylation is 1. The van der Waals surface area contributed by atoms with Crippen LogP contribution in [0.4, 0.5) is 4.79 Å². The van der Waals surface area contributed by atoms with E-state index in [2.05, 4.69) is 6.07 Å². The van der Waals surface area contributed by atoms with Gasteiger partial charge in [-0.1, -0.05) is 48.0 Å². The van der Waals surface area contributed by atoms with Crippen molar-refractivity contribution in [1.29, 1.82) is 0 Å². The van der Waals surface area contributed by atoms with E-state index in [1.54, 1.807) is 18.2 Å². The predicted octanol–water partition coefficient (Wildman–Crippen LogP) is 4.13. The van der Waals surface area contributed by atoms with Crippen LogP contribution in [-0.4, -0.2) is 17.8 Å². The fourth-order valence-corrected chi connectivity index (χ4v) is 3.49. The van der Waals surface area contributed by atoms with Crippen molar-refractivity contribution in [2.45, 2.75) is 13.5 Å². The van der Waals surface area contributed by atoms with Gasteiger partial charge in [0.05, 0.1) is 0 Å². The lowest BCUT2D eigenvalue weighted by Crippen LogP contribution is -2.51. The van der Waals surface area contributed by atoms with Crippen LogP contribution in [0.3, 0.4) is 0 Å². The van der Waals surface area contributed by atoms with Gasteiger partial charge in [0, 0.05) is 16.1 Å². The van der Waals surface area contributed by atoms with Crippen molar-refractivity contribution in [3.8, 4) is 5.75 Å². The molecule has 1 aliphatic heterocycles. The van der Waals surface area contributed by atoms with Gasteiger partial charge in [-0.05, 0) is 47.5 Å². The minimum atomic E-state index is -0.851. The van der Waals surface area contributed by atoms with Gasteiger partial charge in [-0.15, -0.1) is 0 Å². The molecule has 0 spiro atoms. The van der Waals surface area contributed by atoms with Crippen LogP contribution in [-0.2, 0) is 16.2 Å². The molecule has 0 aromatic heterocycles. The Bertz CT molecular complexity index is 1210. The molecule has 0 atom stereocenters. The molecule has 1 saturated heterocycles. The van der Waals surface area contributed by atoms with Crippen LogP contribution in [0.5, 0.6) is 5.75 Å². The second kappa shape index (κ2) is 8.00. The Balaban J connectivity index is 1.68. The number of halogens is 1. The maximum absolute atomic E-state index is 12.1. The number of hydrogen-bond donors (Lipinski definition) is 2. The highest BCUT2D eigenvalue weighted by Gasteiger charge is 2.28. The van der Waals surface area contributed by atoms with E-state index in [1.807, 2.05) is 47.9 Å². The van der Waals surface area contributed by atoms with Crippen molar-refractivity contribution < 1.29 is 19.1 Å². The molecule has 0 saturated carbocycles. The number of barbiturate groups is 1. The van der Waals surface area contributed by atoms with Gasteiger partial charge in [-0.2, -0.15) is 0 Å². The van der Waals surface area contributed by atoms with E-state index in [0.29, 0.717) is 22.9 Å². The number of ether oxygens (including phenoxy) is 1. The second-order valence-corrected chi connectivity index (χ2v) is 7.28. The van der Waals surface area contributed by atoms with Gasteiger partial charge in [0.1, 0.15) is 17.9 Å². The van der Waals surface area contributed by atoms with E-state index in [-0.39, 0.29) is 5.57 Å². The summed E-state index contributed by atoms with van der Waals surface area (Å²) in [4.78, 5) is 35.4. The monoisotopic (exact) mass is 420 g/mol. The zero-order valence-corrected chi connectivity index (χ0v) is 16.7. The molecule has 6 nitrogen and oxygen atoms in total. The molecule has 3 aromatic rings. The summed E-state index contributed by atoms with van der Waals surface area (Å²) in [5.74, 6) is -1.10. The predicted molar refractivity (Wildman–Crippen MR) is 114 cm³/mol. The summed E-state index contributed by atoms with van der Waals surface area (Å²) >= 11 is 6.11. The van der Waals surface area contributed by atoms with Crippen molar-refractivity contribution in [3.05, 3.63) is 81.9 Å². The zero-order chi connectivity index (χ0) is 21.3. The summed E-state index contributed by atoms with van der Waals surface area (Å²) in [6.45, 7) is 2.31. The van der Waals surface area contributed by atoms with Gasteiger partial charge >= 0.3 is 6.03 Å². The normalized spacial score (nSPS) is 13.8. The van der Waals surface area contributed by atoms with Crippen molar-refractivity contribution in [2.24, 2.45) is 0 Å². The number of carbonyl (C=O) groups is 3. The smallest absolute Gasteiger partial charge is 0.328 e. The first-order valence-corrected chi connectivity index (χ1v) is 9.58. The Hall–Kier alpha value is -3.64. The first-order valence-electron chi connectivity index (χ1n) is 9.20. The lowest BCUT2D eigenvalue weighted by Gasteiger charge is -2.16. The van der Waals surface area contributed by atoms with Gasteiger partial charge in [-0.3, -0.25) is 20.2 Å². The lowest BCUT2D eigenvalue weighted by molar-refractivity contribution is -0.123. The largest absolute Gasteiger partial charge is 0.488 e. The molecule has 1 heterocycles. The van der Waals surface area contributed by atoms with Crippen LogP contribution < -0.4 is 15.4 Å². The highest BCUT2D eigenvalue weighted by molar-refractivity contribution is 6.32. The first kappa shape index (κ1) is 19.7. The van der Waals surface area contributed by atoms with Crippen LogP contribution in [0.1, 0.15) is 16.7 Å². The van der Waals surface area contributed by atoms with Gasteiger partial charge in [0.15, 0.2) is 0 Å². The SMILES string of the molecule is Cc1ccc2ccccc2c1COc1ccc(Cl)cc1C=C1C(=O)NC(=O)NC1=O. The van der Waals surface area contributed by atoms with E-state index >= 15 is 0 Å². The fraction of sp³-hybridized carbons (Fsp3) is 0.0870. The summed E-state index contributed by atoms with van der Waals surface area (Å²) in [6, 6.07) is 16.2. The minimum absolute atomic E-state index is 0.206. The maximum Gasteiger partial charge on any atom is 0.328 e. The molecule has 4 rings (SSSR count). The van der Waals surface area contributed by atoms with Crippen LogP contribution in [0.2, 0.25) is 5.02 Å². The molecule has 0 unspecified atom stereocenters. The van der Waals surface area contributed by atoms with E-state index < -0.39 is 17.8 Å². The highest BCUT2D eigenvalue weighted by atomic mass is 35.5. The Kier molecular flexibility index (Phi) is 5.25. The maximum atomic E-state index is 12.1. The molecule has 0 aliphatic carbocycles. The van der Waals surface area contributed by atoms with Crippen LogP contribution in [0.15, 0.2) is 60.2 Å². The molecular weight excluding hydrogens is 404 g/mol. The third-order valence-corrected chi connectivity index (χ3v) is 5.10. The molecule has 0 radical (unpaired) electrons. The van der Waals surface area contributed by atoms with E-state index in [0.717, 1.165) is 21.9 Å². The number of nitrogens with one attached hydrogen (secondary N) is 2. The molecule has 150 valence electrons. The van der Waals surface area contributed by atoms with Crippen LogP contribution >= 0.6 is 11.6 Å². The molecule has 2 N–H and O–H groups in total. The number of imide groups is 2. The van der Waals surface area contributed by atoms with Gasteiger partial charge in [-0.25, -0.2) is 4.79 Å². The Morgan fingerprint density at radius 2 is 1.70 bits per heavy atom. The summed E-state index contributed by atoms with van der Waals surface area (Å²) in [7, 11) is 0. The minimum Gasteiger partial charge on any atom is -0.488 e. The van der Waals surface area contributed by atoms with E-state index in [4.69, 9.17) is 16.3 Å². The summed E-state index contributed by atoms with van der Waals surface area (Å²) in [5.41, 5.74) is 2.38. The van der Waals surface area contributed by atoms with E-state index in [1.165, 1.54) is 6.08 Å². The Morgan fingerprint density at radius 3 is 2.47 bits per heavy atom. The van der Waals surface area contributed by atoms with Crippen LogP contribution in [0, 0.1) is 6.92 Å². The number of fused-ring (bicyclic) bond motifs is 1. The third kappa shape index (κ3) is 3.90. The summed E-state index contributed by atoms with van der Waals surface area (Å²) in [5, 5.41) is 6.72. The molecule has 4 amide bonds. The van der Waals surface area contributed by atoms with Crippen molar-refractivity contribution in [3.63, 3.8) is 0 Å². The molecule has 1 fully saturated rings. The third-order valence-electron chi connectivity index (χ3n) is 4.86. The van der Waals surface area contributed by atoms with Gasteiger partial charge in [0.25, 0.3) is 11.8 Å². The number of amides is 4. The molecular formula is C23H17ClN2O4. The van der Waals surface area contributed by atoms with Gasteiger partial charge < -0.3 is 4.74 Å². The first-order chi connectivity index (χ1) is 14.4. The highest BCUT2D eigenvalue weighted by Crippen LogP contribution is 2.29. The topological polar surface area (TPSA) is 84.5 Å². The number of benzene rings is 3. The molecule has 3 aromatic carbocycles. The zero-order valence-electron chi connectivity index (χ0n) is 16.0.